The van der Waals surface area contributed by atoms with Crippen molar-refractivity contribution in [2.24, 2.45) is 0 Å². The molecule has 1 atom stereocenters. The van der Waals surface area contributed by atoms with Gasteiger partial charge in [-0.1, -0.05) is 12.1 Å². The molecule has 8 nitrogen and oxygen atoms in total. The number of carbonyl (C=O) groups is 2. The summed E-state index contributed by atoms with van der Waals surface area (Å²) in [5.41, 5.74) is 1.18. The van der Waals surface area contributed by atoms with Gasteiger partial charge in [0, 0.05) is 13.2 Å². The van der Waals surface area contributed by atoms with Gasteiger partial charge >= 0.3 is 5.97 Å². The number of esters is 1. The number of hydrogen-bond acceptors (Lipinski definition) is 7. The number of amides is 1. The van der Waals surface area contributed by atoms with Gasteiger partial charge in [-0.25, -0.2) is 4.79 Å². The highest BCUT2D eigenvalue weighted by atomic mass is 16.5. The SMILES string of the molecule is CCOC(=O)c1ccccc1Nc1ccc(C(=O)NCC2CCCO2)nn1. The van der Waals surface area contributed by atoms with E-state index in [2.05, 4.69) is 20.8 Å². The molecule has 2 aromatic rings. The molecule has 0 spiro atoms. The Morgan fingerprint density at radius 3 is 2.78 bits per heavy atom. The molecule has 1 fully saturated rings. The van der Waals surface area contributed by atoms with Gasteiger partial charge in [-0.05, 0) is 44.0 Å². The molecule has 142 valence electrons. The summed E-state index contributed by atoms with van der Waals surface area (Å²) in [4.78, 5) is 24.2. The topological polar surface area (TPSA) is 102 Å². The van der Waals surface area contributed by atoms with Gasteiger partial charge in [0.25, 0.3) is 5.91 Å². The number of aromatic nitrogens is 2. The van der Waals surface area contributed by atoms with Crippen molar-refractivity contribution in [1.82, 2.24) is 15.5 Å². The number of anilines is 2. The Kier molecular flexibility index (Phi) is 6.32. The Labute approximate surface area is 157 Å². The van der Waals surface area contributed by atoms with E-state index in [1.807, 2.05) is 0 Å². The van der Waals surface area contributed by atoms with Crippen LogP contribution in [-0.4, -0.2) is 47.9 Å². The molecule has 0 aliphatic carbocycles. The number of ether oxygens (including phenoxy) is 2. The molecule has 1 aliphatic heterocycles. The zero-order valence-corrected chi connectivity index (χ0v) is 15.1. The molecule has 1 aliphatic rings. The largest absolute Gasteiger partial charge is 0.462 e. The minimum Gasteiger partial charge on any atom is -0.462 e. The maximum Gasteiger partial charge on any atom is 0.340 e. The number of rotatable bonds is 7. The van der Waals surface area contributed by atoms with E-state index in [0.717, 1.165) is 19.4 Å². The average molecular weight is 370 g/mol. The molecule has 1 aromatic carbocycles. The number of hydrogen-bond donors (Lipinski definition) is 2. The van der Waals surface area contributed by atoms with Crippen LogP contribution in [0, 0.1) is 0 Å². The first-order valence-electron chi connectivity index (χ1n) is 8.94. The molecule has 3 rings (SSSR count). The van der Waals surface area contributed by atoms with Crippen LogP contribution in [0.2, 0.25) is 0 Å². The summed E-state index contributed by atoms with van der Waals surface area (Å²) in [5.74, 6) is -0.294. The first kappa shape index (κ1) is 18.8. The smallest absolute Gasteiger partial charge is 0.340 e. The molecule has 1 amide bonds. The lowest BCUT2D eigenvalue weighted by Crippen LogP contribution is -2.32. The number of carbonyl (C=O) groups excluding carboxylic acids is 2. The molecule has 1 aromatic heterocycles. The third-order valence-corrected chi connectivity index (χ3v) is 4.10. The molecule has 0 bridgehead atoms. The van der Waals surface area contributed by atoms with Crippen molar-refractivity contribution in [3.8, 4) is 0 Å². The van der Waals surface area contributed by atoms with Crippen LogP contribution < -0.4 is 10.6 Å². The second-order valence-electron chi connectivity index (χ2n) is 6.04. The van der Waals surface area contributed by atoms with Gasteiger partial charge in [0.05, 0.1) is 24.0 Å². The number of nitrogens with zero attached hydrogens (tertiary/aromatic N) is 2. The summed E-state index contributed by atoms with van der Waals surface area (Å²) in [5, 5.41) is 13.8. The Bertz CT molecular complexity index is 789. The quantitative estimate of drug-likeness (QED) is 0.721. The molecular weight excluding hydrogens is 348 g/mol. The molecule has 27 heavy (non-hydrogen) atoms. The van der Waals surface area contributed by atoms with E-state index in [1.165, 1.54) is 0 Å². The van der Waals surface area contributed by atoms with Crippen LogP contribution in [0.4, 0.5) is 11.5 Å². The summed E-state index contributed by atoms with van der Waals surface area (Å²) in [6.45, 7) is 3.26. The van der Waals surface area contributed by atoms with Crippen molar-refractivity contribution in [3.63, 3.8) is 0 Å². The van der Waals surface area contributed by atoms with E-state index in [4.69, 9.17) is 9.47 Å². The Hall–Kier alpha value is -3.00. The van der Waals surface area contributed by atoms with Gasteiger partial charge in [-0.2, -0.15) is 0 Å². The van der Waals surface area contributed by atoms with Crippen LogP contribution in [0.3, 0.4) is 0 Å². The molecular formula is C19H22N4O4. The van der Waals surface area contributed by atoms with E-state index >= 15 is 0 Å². The molecule has 0 saturated carbocycles. The zero-order chi connectivity index (χ0) is 19.1. The lowest BCUT2D eigenvalue weighted by Gasteiger charge is -2.11. The summed E-state index contributed by atoms with van der Waals surface area (Å²) in [6, 6.07) is 10.2. The monoisotopic (exact) mass is 370 g/mol. The summed E-state index contributed by atoms with van der Waals surface area (Å²) < 4.78 is 10.5. The van der Waals surface area contributed by atoms with Gasteiger partial charge in [-0.3, -0.25) is 4.79 Å². The fourth-order valence-electron chi connectivity index (χ4n) is 2.74. The summed E-state index contributed by atoms with van der Waals surface area (Å²) in [6.07, 6.45) is 2.05. The number of nitrogens with one attached hydrogen (secondary N) is 2. The minimum absolute atomic E-state index is 0.0715. The van der Waals surface area contributed by atoms with Crippen LogP contribution in [0.15, 0.2) is 36.4 Å². The van der Waals surface area contributed by atoms with Crippen LogP contribution in [0.1, 0.15) is 40.6 Å². The first-order valence-corrected chi connectivity index (χ1v) is 8.94. The molecule has 2 N–H and O–H groups in total. The summed E-state index contributed by atoms with van der Waals surface area (Å²) in [7, 11) is 0. The predicted molar refractivity (Wildman–Crippen MR) is 99.0 cm³/mol. The van der Waals surface area contributed by atoms with Gasteiger partial charge < -0.3 is 20.1 Å². The van der Waals surface area contributed by atoms with Gasteiger partial charge in [0.15, 0.2) is 11.5 Å². The van der Waals surface area contributed by atoms with Crippen molar-refractivity contribution in [2.45, 2.75) is 25.9 Å². The fraction of sp³-hybridized carbons (Fsp3) is 0.368. The van der Waals surface area contributed by atoms with E-state index in [1.54, 1.807) is 43.3 Å². The van der Waals surface area contributed by atoms with Crippen LogP contribution in [-0.2, 0) is 9.47 Å². The second kappa shape index (κ2) is 9.09. The van der Waals surface area contributed by atoms with Crippen molar-refractivity contribution in [1.29, 1.82) is 0 Å². The normalized spacial score (nSPS) is 16.0. The van der Waals surface area contributed by atoms with Crippen LogP contribution in [0.5, 0.6) is 0 Å². The molecule has 0 radical (unpaired) electrons. The van der Waals surface area contributed by atoms with Gasteiger partial charge in [0.1, 0.15) is 0 Å². The van der Waals surface area contributed by atoms with Crippen molar-refractivity contribution >= 4 is 23.4 Å². The second-order valence-corrected chi connectivity index (χ2v) is 6.04. The Balaban J connectivity index is 1.62. The van der Waals surface area contributed by atoms with E-state index in [0.29, 0.717) is 30.2 Å². The Morgan fingerprint density at radius 1 is 1.22 bits per heavy atom. The van der Waals surface area contributed by atoms with E-state index in [9.17, 15) is 9.59 Å². The average Bonchev–Trinajstić information content (AvgIpc) is 3.21. The highest BCUT2D eigenvalue weighted by Crippen LogP contribution is 2.20. The van der Waals surface area contributed by atoms with Crippen molar-refractivity contribution in [3.05, 3.63) is 47.7 Å². The Morgan fingerprint density at radius 2 is 2.07 bits per heavy atom. The zero-order valence-electron chi connectivity index (χ0n) is 15.1. The maximum atomic E-state index is 12.1. The van der Waals surface area contributed by atoms with Crippen LogP contribution >= 0.6 is 0 Å². The lowest BCUT2D eigenvalue weighted by molar-refractivity contribution is 0.0527. The fourth-order valence-corrected chi connectivity index (χ4v) is 2.74. The molecule has 8 heteroatoms. The minimum atomic E-state index is -0.418. The van der Waals surface area contributed by atoms with Crippen molar-refractivity contribution < 1.29 is 19.1 Å². The van der Waals surface area contributed by atoms with Crippen LogP contribution in [0.25, 0.3) is 0 Å². The molecule has 1 unspecified atom stereocenters. The molecule has 1 saturated heterocycles. The number of benzene rings is 1. The lowest BCUT2D eigenvalue weighted by atomic mass is 10.2. The summed E-state index contributed by atoms with van der Waals surface area (Å²) >= 11 is 0. The predicted octanol–water partition coefficient (Wildman–Crippen LogP) is 2.31. The van der Waals surface area contributed by atoms with Gasteiger partial charge in [-0.15, -0.1) is 10.2 Å². The van der Waals surface area contributed by atoms with Crippen molar-refractivity contribution in [2.75, 3.05) is 25.1 Å². The van der Waals surface area contributed by atoms with E-state index in [-0.39, 0.29) is 17.7 Å². The van der Waals surface area contributed by atoms with E-state index < -0.39 is 5.97 Å². The molecule has 2 heterocycles. The third-order valence-electron chi connectivity index (χ3n) is 4.10. The standard InChI is InChI=1S/C19H22N4O4/c1-2-26-19(25)14-7-3-4-8-15(14)21-17-10-9-16(22-23-17)18(24)20-12-13-6-5-11-27-13/h3-4,7-10,13H,2,5-6,11-12H2,1H3,(H,20,24)(H,21,23). The van der Waals surface area contributed by atoms with Gasteiger partial charge in [0.2, 0.25) is 0 Å². The maximum absolute atomic E-state index is 12.1. The third kappa shape index (κ3) is 5.01. The first-order chi connectivity index (χ1) is 13.2. The number of para-hydroxylation sites is 1. The highest BCUT2D eigenvalue weighted by Gasteiger charge is 2.17. The highest BCUT2D eigenvalue weighted by molar-refractivity contribution is 5.96.